The molecule has 0 saturated heterocycles. The Hall–Kier alpha value is -1.52. The summed E-state index contributed by atoms with van der Waals surface area (Å²) in [7, 11) is 0. The molecule has 0 radical (unpaired) electrons. The average Bonchev–Trinajstić information content (AvgIpc) is 2.42. The highest BCUT2D eigenvalue weighted by molar-refractivity contribution is 9.10. The molecular weight excluding hydrogens is 332 g/mol. The second-order valence-electron chi connectivity index (χ2n) is 4.58. The number of hydrogen-bond donors (Lipinski definition) is 1. The van der Waals surface area contributed by atoms with E-state index in [1.165, 1.54) is 9.79 Å². The van der Waals surface area contributed by atoms with Crippen molar-refractivity contribution in [1.82, 2.24) is 4.98 Å². The van der Waals surface area contributed by atoms with Gasteiger partial charge in [0.2, 0.25) is 0 Å². The van der Waals surface area contributed by atoms with E-state index < -0.39 is 0 Å². The number of halogens is 1. The molecule has 4 heteroatoms. The van der Waals surface area contributed by atoms with Crippen molar-refractivity contribution in [3.05, 3.63) is 58.8 Å². The van der Waals surface area contributed by atoms with E-state index >= 15 is 0 Å². The van der Waals surface area contributed by atoms with E-state index in [1.807, 2.05) is 31.3 Å². The Kier molecular flexibility index (Phi) is 3.68. The molecule has 0 unspecified atom stereocenters. The van der Waals surface area contributed by atoms with Crippen LogP contribution < -0.4 is 5.73 Å². The predicted molar refractivity (Wildman–Crippen MR) is 89.2 cm³/mol. The van der Waals surface area contributed by atoms with E-state index in [-0.39, 0.29) is 0 Å². The van der Waals surface area contributed by atoms with Gasteiger partial charge >= 0.3 is 0 Å². The van der Waals surface area contributed by atoms with Crippen LogP contribution in [0, 0.1) is 6.92 Å². The van der Waals surface area contributed by atoms with Crippen LogP contribution in [0.2, 0.25) is 0 Å². The molecule has 3 rings (SSSR count). The SMILES string of the molecule is Cc1cc2c(Sc3cccc(Br)c3)ccc(N)c2cn1. The fourth-order valence-electron chi connectivity index (χ4n) is 2.09. The summed E-state index contributed by atoms with van der Waals surface area (Å²) in [6.45, 7) is 2.00. The van der Waals surface area contributed by atoms with Crippen LogP contribution in [0.3, 0.4) is 0 Å². The Bertz CT molecular complexity index is 787. The Balaban J connectivity index is 2.12. The van der Waals surface area contributed by atoms with Gasteiger partial charge in [0.25, 0.3) is 0 Å². The van der Waals surface area contributed by atoms with Crippen LogP contribution in [0.4, 0.5) is 5.69 Å². The number of hydrogen-bond acceptors (Lipinski definition) is 3. The molecule has 0 bridgehead atoms. The lowest BCUT2D eigenvalue weighted by atomic mass is 10.1. The van der Waals surface area contributed by atoms with Gasteiger partial charge in [-0.05, 0) is 43.3 Å². The van der Waals surface area contributed by atoms with Gasteiger partial charge in [0.15, 0.2) is 0 Å². The third kappa shape index (κ3) is 2.67. The molecule has 0 fully saturated rings. The zero-order valence-corrected chi connectivity index (χ0v) is 13.3. The number of aryl methyl sites for hydroxylation is 1. The number of nitrogen functional groups attached to an aromatic ring is 1. The highest BCUT2D eigenvalue weighted by Crippen LogP contribution is 2.36. The van der Waals surface area contributed by atoms with Crippen molar-refractivity contribution in [2.75, 3.05) is 5.73 Å². The highest BCUT2D eigenvalue weighted by atomic mass is 79.9. The number of pyridine rings is 1. The predicted octanol–water partition coefficient (Wildman–Crippen LogP) is 5.04. The van der Waals surface area contributed by atoms with E-state index in [4.69, 9.17) is 5.73 Å². The van der Waals surface area contributed by atoms with Crippen LogP contribution in [-0.4, -0.2) is 4.98 Å². The Labute approximate surface area is 130 Å². The number of fused-ring (bicyclic) bond motifs is 1. The van der Waals surface area contributed by atoms with E-state index in [0.717, 1.165) is 26.6 Å². The van der Waals surface area contributed by atoms with Gasteiger partial charge in [-0.2, -0.15) is 0 Å². The summed E-state index contributed by atoms with van der Waals surface area (Å²) in [5.41, 5.74) is 7.80. The molecule has 0 atom stereocenters. The lowest BCUT2D eigenvalue weighted by Crippen LogP contribution is -1.90. The lowest BCUT2D eigenvalue weighted by Gasteiger charge is -2.09. The fourth-order valence-corrected chi connectivity index (χ4v) is 3.64. The molecule has 2 nitrogen and oxygen atoms in total. The molecule has 0 aliphatic carbocycles. The molecule has 0 aliphatic heterocycles. The van der Waals surface area contributed by atoms with Gasteiger partial charge in [0.05, 0.1) is 0 Å². The highest BCUT2D eigenvalue weighted by Gasteiger charge is 2.07. The Morgan fingerprint density at radius 2 is 1.95 bits per heavy atom. The molecule has 2 N–H and O–H groups in total. The van der Waals surface area contributed by atoms with Crippen molar-refractivity contribution in [1.29, 1.82) is 0 Å². The van der Waals surface area contributed by atoms with Gasteiger partial charge in [0.1, 0.15) is 0 Å². The van der Waals surface area contributed by atoms with Gasteiger partial charge in [-0.1, -0.05) is 33.8 Å². The van der Waals surface area contributed by atoms with Crippen LogP contribution >= 0.6 is 27.7 Å². The molecule has 20 heavy (non-hydrogen) atoms. The molecule has 1 heterocycles. The smallest absolute Gasteiger partial charge is 0.0410 e. The third-order valence-electron chi connectivity index (χ3n) is 3.06. The monoisotopic (exact) mass is 344 g/mol. The van der Waals surface area contributed by atoms with Gasteiger partial charge in [0, 0.05) is 42.6 Å². The maximum Gasteiger partial charge on any atom is 0.0410 e. The van der Waals surface area contributed by atoms with Crippen LogP contribution in [0.25, 0.3) is 10.8 Å². The first-order chi connectivity index (χ1) is 9.63. The van der Waals surface area contributed by atoms with Crippen molar-refractivity contribution in [2.45, 2.75) is 16.7 Å². The van der Waals surface area contributed by atoms with Crippen molar-refractivity contribution in [3.8, 4) is 0 Å². The number of anilines is 1. The van der Waals surface area contributed by atoms with Crippen molar-refractivity contribution >= 4 is 44.2 Å². The molecule has 2 aromatic carbocycles. The lowest BCUT2D eigenvalue weighted by molar-refractivity contribution is 1.22. The summed E-state index contributed by atoms with van der Waals surface area (Å²) in [6, 6.07) is 14.4. The number of nitrogens with two attached hydrogens (primary N) is 1. The van der Waals surface area contributed by atoms with E-state index in [2.05, 4.69) is 45.2 Å². The molecular formula is C16H13BrN2S. The van der Waals surface area contributed by atoms with Crippen molar-refractivity contribution in [2.24, 2.45) is 0 Å². The topological polar surface area (TPSA) is 38.9 Å². The average molecular weight is 345 g/mol. The van der Waals surface area contributed by atoms with E-state index in [1.54, 1.807) is 11.8 Å². The second-order valence-corrected chi connectivity index (χ2v) is 6.61. The van der Waals surface area contributed by atoms with Crippen LogP contribution in [0.15, 0.2) is 62.9 Å². The van der Waals surface area contributed by atoms with Gasteiger partial charge < -0.3 is 5.73 Å². The zero-order valence-electron chi connectivity index (χ0n) is 10.9. The zero-order chi connectivity index (χ0) is 14.1. The summed E-state index contributed by atoms with van der Waals surface area (Å²) in [4.78, 5) is 6.72. The van der Waals surface area contributed by atoms with E-state index in [0.29, 0.717) is 0 Å². The second kappa shape index (κ2) is 5.46. The van der Waals surface area contributed by atoms with Gasteiger partial charge in [-0.15, -0.1) is 0 Å². The molecule has 0 aliphatic rings. The first-order valence-corrected chi connectivity index (χ1v) is 7.83. The minimum Gasteiger partial charge on any atom is -0.398 e. The van der Waals surface area contributed by atoms with E-state index in [9.17, 15) is 0 Å². The number of rotatable bonds is 2. The summed E-state index contributed by atoms with van der Waals surface area (Å²) < 4.78 is 1.08. The Morgan fingerprint density at radius 3 is 2.75 bits per heavy atom. The minimum absolute atomic E-state index is 0.770. The largest absolute Gasteiger partial charge is 0.398 e. The van der Waals surface area contributed by atoms with Crippen LogP contribution in [0.5, 0.6) is 0 Å². The quantitative estimate of drug-likeness (QED) is 0.662. The number of aromatic nitrogens is 1. The van der Waals surface area contributed by atoms with Crippen molar-refractivity contribution in [3.63, 3.8) is 0 Å². The summed E-state index contributed by atoms with van der Waals surface area (Å²) in [5.74, 6) is 0. The molecule has 0 spiro atoms. The van der Waals surface area contributed by atoms with Crippen molar-refractivity contribution < 1.29 is 0 Å². The standard InChI is InChI=1S/C16H13BrN2S/c1-10-7-13-14(9-19-10)15(18)5-6-16(13)20-12-4-2-3-11(17)8-12/h2-9H,18H2,1H3. The van der Waals surface area contributed by atoms with Gasteiger partial charge in [-0.25, -0.2) is 0 Å². The normalized spacial score (nSPS) is 10.9. The molecule has 0 saturated carbocycles. The summed E-state index contributed by atoms with van der Waals surface area (Å²) in [6.07, 6.45) is 1.85. The first-order valence-electron chi connectivity index (χ1n) is 6.22. The third-order valence-corrected chi connectivity index (χ3v) is 4.61. The number of benzene rings is 2. The Morgan fingerprint density at radius 1 is 1.10 bits per heavy atom. The molecule has 1 aromatic heterocycles. The maximum absolute atomic E-state index is 6.04. The van der Waals surface area contributed by atoms with Gasteiger partial charge in [-0.3, -0.25) is 4.98 Å². The van der Waals surface area contributed by atoms with Crippen LogP contribution in [0.1, 0.15) is 5.69 Å². The molecule has 0 amide bonds. The van der Waals surface area contributed by atoms with Crippen LogP contribution in [-0.2, 0) is 0 Å². The first kappa shape index (κ1) is 13.5. The maximum atomic E-state index is 6.04. The number of nitrogens with zero attached hydrogens (tertiary/aromatic N) is 1. The fraction of sp³-hybridized carbons (Fsp3) is 0.0625. The molecule has 100 valence electrons. The molecule has 3 aromatic rings. The minimum atomic E-state index is 0.770. The summed E-state index contributed by atoms with van der Waals surface area (Å²) in [5, 5.41) is 2.16. The summed E-state index contributed by atoms with van der Waals surface area (Å²) >= 11 is 5.24.